The third-order valence-electron chi connectivity index (χ3n) is 3.97. The van der Waals surface area contributed by atoms with Crippen molar-refractivity contribution in [1.82, 2.24) is 4.98 Å². The zero-order chi connectivity index (χ0) is 20.8. The Balaban J connectivity index is 1.77. The number of halogens is 1. The van der Waals surface area contributed by atoms with Crippen LogP contribution in [-0.4, -0.2) is 22.9 Å². The molecule has 0 saturated heterocycles. The summed E-state index contributed by atoms with van der Waals surface area (Å²) >= 11 is 6.02. The molecule has 0 bridgehead atoms. The predicted molar refractivity (Wildman–Crippen MR) is 108 cm³/mol. The number of pyridine rings is 1. The highest BCUT2D eigenvalue weighted by Gasteiger charge is 2.16. The molecule has 0 saturated carbocycles. The van der Waals surface area contributed by atoms with Crippen LogP contribution in [-0.2, 0) is 6.61 Å². The van der Waals surface area contributed by atoms with Crippen molar-refractivity contribution < 1.29 is 19.2 Å². The number of rotatable bonds is 7. The third-order valence-corrected chi connectivity index (χ3v) is 4.29. The van der Waals surface area contributed by atoms with Gasteiger partial charge in [0.2, 0.25) is 0 Å². The molecular weight excluding hydrogens is 398 g/mol. The molecule has 3 rings (SSSR count). The zero-order valence-corrected chi connectivity index (χ0v) is 16.1. The maximum absolute atomic E-state index is 12.5. The van der Waals surface area contributed by atoms with Crippen LogP contribution in [0.4, 0.5) is 11.4 Å². The van der Waals surface area contributed by atoms with E-state index in [2.05, 4.69) is 10.3 Å². The minimum absolute atomic E-state index is 0.0145. The number of methoxy groups -OCH3 is 1. The molecule has 0 unspecified atom stereocenters. The minimum atomic E-state index is -0.580. The van der Waals surface area contributed by atoms with E-state index in [4.69, 9.17) is 21.1 Å². The van der Waals surface area contributed by atoms with Crippen LogP contribution in [0.2, 0.25) is 5.02 Å². The van der Waals surface area contributed by atoms with Gasteiger partial charge in [-0.1, -0.05) is 11.6 Å². The van der Waals surface area contributed by atoms with Gasteiger partial charge in [0.25, 0.3) is 11.6 Å². The van der Waals surface area contributed by atoms with Gasteiger partial charge < -0.3 is 14.8 Å². The van der Waals surface area contributed by atoms with Gasteiger partial charge in [-0.3, -0.25) is 19.9 Å². The van der Waals surface area contributed by atoms with Crippen LogP contribution >= 0.6 is 11.6 Å². The molecule has 2 aromatic carbocycles. The molecule has 1 amide bonds. The molecule has 0 fully saturated rings. The Hall–Kier alpha value is -3.65. The minimum Gasteiger partial charge on any atom is -0.493 e. The number of nitro benzene ring substituents is 1. The number of hydrogen-bond donors (Lipinski definition) is 1. The van der Waals surface area contributed by atoms with Crippen LogP contribution in [0, 0.1) is 10.1 Å². The number of benzene rings is 2. The van der Waals surface area contributed by atoms with Crippen molar-refractivity contribution in [2.75, 3.05) is 12.4 Å². The average Bonchev–Trinajstić information content (AvgIpc) is 2.73. The van der Waals surface area contributed by atoms with Crippen LogP contribution < -0.4 is 14.8 Å². The van der Waals surface area contributed by atoms with Gasteiger partial charge in [0, 0.05) is 36.3 Å². The van der Waals surface area contributed by atoms with E-state index in [9.17, 15) is 14.9 Å². The second-order valence-corrected chi connectivity index (χ2v) is 6.29. The molecule has 1 N–H and O–H groups in total. The number of amides is 1. The van der Waals surface area contributed by atoms with E-state index < -0.39 is 10.8 Å². The van der Waals surface area contributed by atoms with Crippen LogP contribution in [0.15, 0.2) is 60.9 Å². The number of nitrogens with one attached hydrogen (secondary N) is 1. The molecule has 1 heterocycles. The Morgan fingerprint density at radius 1 is 1.14 bits per heavy atom. The lowest BCUT2D eigenvalue weighted by Gasteiger charge is -2.13. The van der Waals surface area contributed by atoms with E-state index in [0.717, 1.165) is 11.6 Å². The van der Waals surface area contributed by atoms with E-state index in [1.807, 2.05) is 12.1 Å². The molecule has 29 heavy (non-hydrogen) atoms. The summed E-state index contributed by atoms with van der Waals surface area (Å²) in [5, 5.41) is 13.5. The molecule has 3 aromatic rings. The summed E-state index contributed by atoms with van der Waals surface area (Å²) in [6.07, 6.45) is 3.33. The van der Waals surface area contributed by atoms with Crippen molar-refractivity contribution in [1.29, 1.82) is 0 Å². The van der Waals surface area contributed by atoms with Gasteiger partial charge in [-0.05, 0) is 35.9 Å². The van der Waals surface area contributed by atoms with Gasteiger partial charge in [0.1, 0.15) is 6.61 Å². The summed E-state index contributed by atoms with van der Waals surface area (Å²) in [6.45, 7) is 0.296. The quantitative estimate of drug-likeness (QED) is 0.452. The second-order valence-electron chi connectivity index (χ2n) is 5.89. The number of aromatic nitrogens is 1. The first-order valence-electron chi connectivity index (χ1n) is 8.43. The fraction of sp³-hybridized carbons (Fsp3) is 0.100. The highest BCUT2D eigenvalue weighted by Crippen LogP contribution is 2.31. The van der Waals surface area contributed by atoms with E-state index in [-0.39, 0.29) is 16.3 Å². The lowest BCUT2D eigenvalue weighted by Crippen LogP contribution is -2.12. The Labute approximate surface area is 171 Å². The highest BCUT2D eigenvalue weighted by atomic mass is 35.5. The number of nitro groups is 1. The summed E-state index contributed by atoms with van der Waals surface area (Å²) < 4.78 is 11.1. The van der Waals surface area contributed by atoms with E-state index in [1.54, 1.807) is 30.6 Å². The van der Waals surface area contributed by atoms with Gasteiger partial charge in [-0.2, -0.15) is 0 Å². The Morgan fingerprint density at radius 2 is 1.90 bits per heavy atom. The number of carbonyl (C=O) groups is 1. The largest absolute Gasteiger partial charge is 0.493 e. The fourth-order valence-electron chi connectivity index (χ4n) is 2.51. The predicted octanol–water partition coefficient (Wildman–Crippen LogP) is 4.48. The number of ether oxygens (including phenoxy) is 2. The van der Waals surface area contributed by atoms with Gasteiger partial charge >= 0.3 is 0 Å². The Morgan fingerprint density at radius 3 is 2.55 bits per heavy atom. The first-order chi connectivity index (χ1) is 14.0. The molecule has 0 aliphatic rings. The van der Waals surface area contributed by atoms with Crippen molar-refractivity contribution in [2.45, 2.75) is 6.61 Å². The SMILES string of the molecule is COc1ccc(NC(=O)c2ccc([N+](=O)[O-])cc2Cl)cc1OCc1ccncc1. The van der Waals surface area contributed by atoms with Crippen molar-refractivity contribution in [3.63, 3.8) is 0 Å². The summed E-state index contributed by atoms with van der Waals surface area (Å²) in [7, 11) is 1.52. The molecule has 0 aliphatic heterocycles. The summed E-state index contributed by atoms with van der Waals surface area (Å²) in [5.74, 6) is 0.442. The highest BCUT2D eigenvalue weighted by molar-refractivity contribution is 6.34. The standard InChI is InChI=1S/C20H16ClN3O5/c1-28-18-5-2-14(10-19(18)29-12-13-6-8-22-9-7-13)23-20(25)16-4-3-15(24(26)27)11-17(16)21/h2-11H,12H2,1H3,(H,23,25). The van der Waals surface area contributed by atoms with E-state index in [0.29, 0.717) is 23.8 Å². The van der Waals surface area contributed by atoms with Crippen molar-refractivity contribution in [3.05, 3.63) is 87.2 Å². The van der Waals surface area contributed by atoms with Crippen LogP contribution in [0.1, 0.15) is 15.9 Å². The number of carbonyl (C=O) groups excluding carboxylic acids is 1. The van der Waals surface area contributed by atoms with Crippen LogP contribution in [0.5, 0.6) is 11.5 Å². The monoisotopic (exact) mass is 413 g/mol. The van der Waals surface area contributed by atoms with Gasteiger partial charge in [-0.15, -0.1) is 0 Å². The fourth-order valence-corrected chi connectivity index (χ4v) is 2.77. The number of hydrogen-bond acceptors (Lipinski definition) is 6. The van der Waals surface area contributed by atoms with Crippen LogP contribution in [0.3, 0.4) is 0 Å². The van der Waals surface area contributed by atoms with Gasteiger partial charge in [0.15, 0.2) is 11.5 Å². The maximum atomic E-state index is 12.5. The van der Waals surface area contributed by atoms with Crippen molar-refractivity contribution in [2.24, 2.45) is 0 Å². The first kappa shape index (κ1) is 20.1. The average molecular weight is 414 g/mol. The summed E-state index contributed by atoms with van der Waals surface area (Å²) in [5.41, 5.74) is 1.30. The maximum Gasteiger partial charge on any atom is 0.270 e. The molecule has 9 heteroatoms. The van der Waals surface area contributed by atoms with E-state index >= 15 is 0 Å². The van der Waals surface area contributed by atoms with Gasteiger partial charge in [-0.25, -0.2) is 0 Å². The number of nitrogens with zero attached hydrogens (tertiary/aromatic N) is 2. The van der Waals surface area contributed by atoms with Crippen molar-refractivity contribution in [3.8, 4) is 11.5 Å². The molecule has 0 aliphatic carbocycles. The third kappa shape index (κ3) is 4.99. The smallest absolute Gasteiger partial charge is 0.270 e. The Bertz CT molecular complexity index is 1040. The molecule has 0 spiro atoms. The van der Waals surface area contributed by atoms with Gasteiger partial charge in [0.05, 0.1) is 22.6 Å². The summed E-state index contributed by atoms with van der Waals surface area (Å²) in [6, 6.07) is 12.2. The molecule has 1 aromatic heterocycles. The normalized spacial score (nSPS) is 10.3. The lowest BCUT2D eigenvalue weighted by molar-refractivity contribution is -0.384. The van der Waals surface area contributed by atoms with Crippen LogP contribution in [0.25, 0.3) is 0 Å². The molecule has 0 atom stereocenters. The molecule has 0 radical (unpaired) electrons. The topological polar surface area (TPSA) is 104 Å². The molecule has 8 nitrogen and oxygen atoms in total. The molecule has 148 valence electrons. The van der Waals surface area contributed by atoms with E-state index in [1.165, 1.54) is 19.2 Å². The first-order valence-corrected chi connectivity index (χ1v) is 8.81. The summed E-state index contributed by atoms with van der Waals surface area (Å²) in [4.78, 5) is 26.7. The lowest BCUT2D eigenvalue weighted by atomic mass is 10.2. The molecular formula is C20H16ClN3O5. The number of non-ortho nitro benzene ring substituents is 1. The number of anilines is 1. The van der Waals surface area contributed by atoms with Crippen molar-refractivity contribution >= 4 is 28.9 Å². The second kappa shape index (κ2) is 9.03. The Kier molecular flexibility index (Phi) is 6.25. The zero-order valence-electron chi connectivity index (χ0n) is 15.3.